The fourth-order valence-corrected chi connectivity index (χ4v) is 3.17. The molecule has 19 heavy (non-hydrogen) atoms. The zero-order valence-corrected chi connectivity index (χ0v) is 11.8. The molecule has 102 valence electrons. The smallest absolute Gasteiger partial charge is 0.131 e. The molecule has 0 unspecified atom stereocenters. The Labute approximate surface area is 114 Å². The fraction of sp³-hybridized carbons (Fsp3) is 0.500. The predicted octanol–water partition coefficient (Wildman–Crippen LogP) is 2.73. The van der Waals surface area contributed by atoms with Crippen molar-refractivity contribution in [3.8, 4) is 5.75 Å². The van der Waals surface area contributed by atoms with Crippen LogP contribution in [0.1, 0.15) is 18.4 Å². The second kappa shape index (κ2) is 5.25. The van der Waals surface area contributed by atoms with E-state index in [0.29, 0.717) is 0 Å². The minimum absolute atomic E-state index is 0.788. The first-order valence-electron chi connectivity index (χ1n) is 7.11. The molecule has 0 atom stereocenters. The first-order chi connectivity index (χ1) is 9.29. The number of methoxy groups -OCH3 is 1. The van der Waals surface area contributed by atoms with Crippen molar-refractivity contribution < 1.29 is 4.74 Å². The lowest BCUT2D eigenvalue weighted by molar-refractivity contribution is 0.362. The van der Waals surface area contributed by atoms with Crippen LogP contribution in [0.25, 0.3) is 10.9 Å². The number of piperidine rings is 1. The Hall–Kier alpha value is -1.48. The SMILES string of the molecule is COc1c(CC2CCNCC2)ccc2c1ccn2C. The van der Waals surface area contributed by atoms with Crippen LogP contribution in [0.5, 0.6) is 5.75 Å². The van der Waals surface area contributed by atoms with E-state index in [1.165, 1.54) is 29.3 Å². The Bertz CT molecular complexity index is 567. The number of aryl methyl sites for hydroxylation is 1. The molecule has 0 aliphatic carbocycles. The second-order valence-corrected chi connectivity index (χ2v) is 5.51. The van der Waals surface area contributed by atoms with Crippen LogP contribution < -0.4 is 10.1 Å². The van der Waals surface area contributed by atoms with Gasteiger partial charge in [-0.25, -0.2) is 0 Å². The summed E-state index contributed by atoms with van der Waals surface area (Å²) in [6, 6.07) is 6.61. The van der Waals surface area contributed by atoms with E-state index in [9.17, 15) is 0 Å². The Morgan fingerprint density at radius 1 is 1.26 bits per heavy atom. The molecule has 2 heterocycles. The largest absolute Gasteiger partial charge is 0.496 e. The maximum absolute atomic E-state index is 5.68. The van der Waals surface area contributed by atoms with Crippen molar-refractivity contribution in [2.24, 2.45) is 13.0 Å². The molecule has 1 aromatic heterocycles. The highest BCUT2D eigenvalue weighted by atomic mass is 16.5. The molecule has 3 heteroatoms. The van der Waals surface area contributed by atoms with E-state index < -0.39 is 0 Å². The number of fused-ring (bicyclic) bond motifs is 1. The highest BCUT2D eigenvalue weighted by Gasteiger charge is 2.17. The van der Waals surface area contributed by atoms with Crippen molar-refractivity contribution in [1.82, 2.24) is 9.88 Å². The minimum Gasteiger partial charge on any atom is -0.496 e. The molecule has 0 radical (unpaired) electrons. The maximum atomic E-state index is 5.68. The summed E-state index contributed by atoms with van der Waals surface area (Å²) in [5.74, 6) is 1.85. The Balaban J connectivity index is 1.93. The van der Waals surface area contributed by atoms with E-state index in [0.717, 1.165) is 31.2 Å². The summed E-state index contributed by atoms with van der Waals surface area (Å²) in [7, 11) is 3.86. The summed E-state index contributed by atoms with van der Waals surface area (Å²) in [6.07, 6.45) is 5.78. The van der Waals surface area contributed by atoms with Crippen LogP contribution in [0.3, 0.4) is 0 Å². The molecule has 3 rings (SSSR count). The topological polar surface area (TPSA) is 26.2 Å². The molecule has 1 fully saturated rings. The summed E-state index contributed by atoms with van der Waals surface area (Å²) in [5.41, 5.74) is 2.60. The van der Waals surface area contributed by atoms with E-state index in [1.54, 1.807) is 7.11 Å². The van der Waals surface area contributed by atoms with Gasteiger partial charge in [-0.3, -0.25) is 0 Å². The number of benzene rings is 1. The number of nitrogens with zero attached hydrogens (tertiary/aromatic N) is 1. The van der Waals surface area contributed by atoms with Crippen LogP contribution in [-0.2, 0) is 13.5 Å². The quantitative estimate of drug-likeness (QED) is 0.916. The summed E-state index contributed by atoms with van der Waals surface area (Å²) in [5, 5.41) is 4.66. The van der Waals surface area contributed by atoms with Gasteiger partial charge in [-0.2, -0.15) is 0 Å². The van der Waals surface area contributed by atoms with Crippen molar-refractivity contribution in [1.29, 1.82) is 0 Å². The van der Waals surface area contributed by atoms with Crippen LogP contribution in [0.4, 0.5) is 0 Å². The van der Waals surface area contributed by atoms with Crippen LogP contribution in [0.2, 0.25) is 0 Å². The van der Waals surface area contributed by atoms with Crippen molar-refractivity contribution in [2.45, 2.75) is 19.3 Å². The molecule has 1 aliphatic rings. The molecule has 0 saturated carbocycles. The summed E-state index contributed by atoms with van der Waals surface area (Å²) >= 11 is 0. The second-order valence-electron chi connectivity index (χ2n) is 5.51. The third-order valence-electron chi connectivity index (χ3n) is 4.27. The van der Waals surface area contributed by atoms with Gasteiger partial charge in [0, 0.05) is 18.6 Å². The van der Waals surface area contributed by atoms with E-state index >= 15 is 0 Å². The van der Waals surface area contributed by atoms with Gasteiger partial charge in [-0.1, -0.05) is 6.07 Å². The third kappa shape index (κ3) is 2.35. The molecule has 1 aromatic carbocycles. The van der Waals surface area contributed by atoms with Gasteiger partial charge < -0.3 is 14.6 Å². The molecule has 1 aliphatic heterocycles. The number of rotatable bonds is 3. The van der Waals surface area contributed by atoms with Crippen LogP contribution >= 0.6 is 0 Å². The first-order valence-corrected chi connectivity index (χ1v) is 7.11. The summed E-state index contributed by atoms with van der Waals surface area (Å²) in [4.78, 5) is 0. The lowest BCUT2D eigenvalue weighted by atomic mass is 9.90. The Morgan fingerprint density at radius 2 is 2.05 bits per heavy atom. The van der Waals surface area contributed by atoms with Crippen LogP contribution in [-0.4, -0.2) is 24.8 Å². The molecule has 0 bridgehead atoms. The van der Waals surface area contributed by atoms with E-state index in [-0.39, 0.29) is 0 Å². The Morgan fingerprint density at radius 3 is 2.79 bits per heavy atom. The van der Waals surface area contributed by atoms with Crippen molar-refractivity contribution in [3.63, 3.8) is 0 Å². The first kappa shape index (κ1) is 12.5. The summed E-state index contributed by atoms with van der Waals surface area (Å²) in [6.45, 7) is 2.31. The molecule has 1 saturated heterocycles. The number of aromatic nitrogens is 1. The Kier molecular flexibility index (Phi) is 3.47. The van der Waals surface area contributed by atoms with Gasteiger partial charge in [0.25, 0.3) is 0 Å². The lowest BCUT2D eigenvalue weighted by Crippen LogP contribution is -2.28. The average Bonchev–Trinajstić information content (AvgIpc) is 2.82. The normalized spacial score (nSPS) is 16.9. The van der Waals surface area contributed by atoms with Gasteiger partial charge in [0.15, 0.2) is 0 Å². The highest BCUT2D eigenvalue weighted by molar-refractivity contribution is 5.87. The van der Waals surface area contributed by atoms with Gasteiger partial charge in [-0.05, 0) is 56.0 Å². The standard InChI is InChI=1S/C16H22N2O/c1-18-10-7-14-15(18)4-3-13(16(14)19-2)11-12-5-8-17-9-6-12/h3-4,7,10,12,17H,5-6,8-9,11H2,1-2H3. The van der Waals surface area contributed by atoms with E-state index in [4.69, 9.17) is 4.74 Å². The zero-order chi connectivity index (χ0) is 13.2. The number of hydrogen-bond acceptors (Lipinski definition) is 2. The lowest BCUT2D eigenvalue weighted by Gasteiger charge is -2.23. The molecular weight excluding hydrogens is 236 g/mol. The predicted molar refractivity (Wildman–Crippen MR) is 78.8 cm³/mol. The minimum atomic E-state index is 0.788. The van der Waals surface area contributed by atoms with Crippen molar-refractivity contribution in [2.75, 3.05) is 20.2 Å². The molecular formula is C16H22N2O. The van der Waals surface area contributed by atoms with Crippen LogP contribution in [0, 0.1) is 5.92 Å². The third-order valence-corrected chi connectivity index (χ3v) is 4.27. The summed E-state index contributed by atoms with van der Waals surface area (Å²) < 4.78 is 7.83. The van der Waals surface area contributed by atoms with Gasteiger partial charge in [0.1, 0.15) is 5.75 Å². The molecule has 1 N–H and O–H groups in total. The molecule has 0 amide bonds. The van der Waals surface area contributed by atoms with E-state index in [2.05, 4.69) is 41.3 Å². The highest BCUT2D eigenvalue weighted by Crippen LogP contribution is 2.33. The van der Waals surface area contributed by atoms with Gasteiger partial charge >= 0.3 is 0 Å². The van der Waals surface area contributed by atoms with Crippen molar-refractivity contribution >= 4 is 10.9 Å². The van der Waals surface area contributed by atoms with Gasteiger partial charge in [0.05, 0.1) is 12.6 Å². The maximum Gasteiger partial charge on any atom is 0.131 e. The fourth-order valence-electron chi connectivity index (χ4n) is 3.17. The molecule has 0 spiro atoms. The van der Waals surface area contributed by atoms with E-state index in [1.807, 2.05) is 0 Å². The number of hydrogen-bond donors (Lipinski definition) is 1. The van der Waals surface area contributed by atoms with Crippen LogP contribution in [0.15, 0.2) is 24.4 Å². The van der Waals surface area contributed by atoms with Gasteiger partial charge in [0.2, 0.25) is 0 Å². The molecule has 3 nitrogen and oxygen atoms in total. The number of ether oxygens (including phenoxy) is 1. The van der Waals surface area contributed by atoms with Gasteiger partial charge in [-0.15, -0.1) is 0 Å². The average molecular weight is 258 g/mol. The number of nitrogens with one attached hydrogen (secondary N) is 1. The zero-order valence-electron chi connectivity index (χ0n) is 11.8. The van der Waals surface area contributed by atoms with Crippen molar-refractivity contribution in [3.05, 3.63) is 30.0 Å². The molecule has 2 aromatic rings. The monoisotopic (exact) mass is 258 g/mol.